The molecule has 0 bridgehead atoms. The molecule has 0 aromatic carbocycles. The molecule has 1 aliphatic rings. The molecule has 0 spiro atoms. The molecule has 2 rings (SSSR count). The minimum atomic E-state index is 0.166. The zero-order chi connectivity index (χ0) is 13.0. The molecule has 1 aromatic heterocycles. The van der Waals surface area contributed by atoms with Crippen LogP contribution >= 0.6 is 11.6 Å². The van der Waals surface area contributed by atoms with Crippen LogP contribution in [0.4, 0.5) is 0 Å². The first-order chi connectivity index (χ1) is 8.66. The number of imidazole rings is 1. The van der Waals surface area contributed by atoms with Gasteiger partial charge in [0.05, 0.1) is 12.7 Å². The second-order valence-corrected chi connectivity index (χ2v) is 5.07. The number of halogens is 1. The molecular weight excluding hydrogens is 252 g/mol. The minimum absolute atomic E-state index is 0.166. The molecule has 0 radical (unpaired) electrons. The van der Waals surface area contributed by atoms with Gasteiger partial charge in [0.15, 0.2) is 0 Å². The van der Waals surface area contributed by atoms with Crippen molar-refractivity contribution in [3.63, 3.8) is 0 Å². The van der Waals surface area contributed by atoms with Crippen molar-refractivity contribution < 1.29 is 4.79 Å². The van der Waals surface area contributed by atoms with Crippen LogP contribution in [0.3, 0.4) is 0 Å². The van der Waals surface area contributed by atoms with Gasteiger partial charge < -0.3 is 15.2 Å². The highest BCUT2D eigenvalue weighted by atomic mass is 35.5. The number of rotatable bonds is 7. The molecule has 1 heterocycles. The summed E-state index contributed by atoms with van der Waals surface area (Å²) in [6.07, 6.45) is 5.36. The van der Waals surface area contributed by atoms with Crippen molar-refractivity contribution in [3.05, 3.63) is 17.2 Å². The zero-order valence-electron chi connectivity index (χ0n) is 10.6. The summed E-state index contributed by atoms with van der Waals surface area (Å²) in [5.41, 5.74) is 0. The summed E-state index contributed by atoms with van der Waals surface area (Å²) in [7, 11) is 1.88. The minimum Gasteiger partial charge on any atom is -0.353 e. The van der Waals surface area contributed by atoms with Crippen LogP contribution in [0.2, 0.25) is 5.15 Å². The molecule has 5 nitrogen and oxygen atoms in total. The normalized spacial score (nSPS) is 14.8. The van der Waals surface area contributed by atoms with Crippen molar-refractivity contribution in [2.24, 2.45) is 7.05 Å². The highest BCUT2D eigenvalue weighted by Gasteiger charge is 2.22. The SMILES string of the molecule is Cn1c(Cl)cnc1CNCCCC(=O)NC1CC1. The van der Waals surface area contributed by atoms with Crippen LogP contribution in [0.5, 0.6) is 0 Å². The van der Waals surface area contributed by atoms with Gasteiger partial charge in [0.2, 0.25) is 5.91 Å². The fourth-order valence-corrected chi connectivity index (χ4v) is 1.84. The van der Waals surface area contributed by atoms with E-state index in [1.165, 1.54) is 0 Å². The molecule has 2 N–H and O–H groups in total. The fraction of sp³-hybridized carbons (Fsp3) is 0.667. The average molecular weight is 271 g/mol. The van der Waals surface area contributed by atoms with Gasteiger partial charge in [-0.15, -0.1) is 0 Å². The Balaban J connectivity index is 1.55. The zero-order valence-corrected chi connectivity index (χ0v) is 11.3. The summed E-state index contributed by atoms with van der Waals surface area (Å²) in [5.74, 6) is 1.07. The van der Waals surface area contributed by atoms with E-state index >= 15 is 0 Å². The van der Waals surface area contributed by atoms with Crippen LogP contribution < -0.4 is 10.6 Å². The van der Waals surface area contributed by atoms with Gasteiger partial charge in [0.1, 0.15) is 11.0 Å². The van der Waals surface area contributed by atoms with Crippen molar-refractivity contribution in [1.82, 2.24) is 20.2 Å². The highest BCUT2D eigenvalue weighted by Crippen LogP contribution is 2.18. The molecule has 100 valence electrons. The van der Waals surface area contributed by atoms with Gasteiger partial charge in [-0.3, -0.25) is 4.79 Å². The van der Waals surface area contributed by atoms with Gasteiger partial charge in [0, 0.05) is 19.5 Å². The second-order valence-electron chi connectivity index (χ2n) is 4.68. The Labute approximate surface area is 112 Å². The molecule has 18 heavy (non-hydrogen) atoms. The molecule has 1 amide bonds. The molecule has 1 saturated carbocycles. The number of hydrogen-bond acceptors (Lipinski definition) is 3. The number of hydrogen-bond donors (Lipinski definition) is 2. The van der Waals surface area contributed by atoms with E-state index in [0.29, 0.717) is 24.2 Å². The Morgan fingerprint density at radius 2 is 2.39 bits per heavy atom. The maximum atomic E-state index is 11.4. The summed E-state index contributed by atoms with van der Waals surface area (Å²) in [6, 6.07) is 0.458. The first-order valence-electron chi connectivity index (χ1n) is 6.33. The van der Waals surface area contributed by atoms with Crippen LogP contribution in [0, 0.1) is 0 Å². The van der Waals surface area contributed by atoms with Crippen LogP contribution in [0.1, 0.15) is 31.5 Å². The van der Waals surface area contributed by atoms with Gasteiger partial charge in [-0.1, -0.05) is 11.6 Å². The van der Waals surface area contributed by atoms with Crippen molar-refractivity contribution in [3.8, 4) is 0 Å². The maximum Gasteiger partial charge on any atom is 0.220 e. The van der Waals surface area contributed by atoms with E-state index in [9.17, 15) is 4.79 Å². The van der Waals surface area contributed by atoms with Crippen molar-refractivity contribution in [2.75, 3.05) is 6.54 Å². The van der Waals surface area contributed by atoms with E-state index in [1.807, 2.05) is 11.6 Å². The quantitative estimate of drug-likeness (QED) is 0.733. The predicted octanol–water partition coefficient (Wildman–Crippen LogP) is 1.22. The molecular formula is C12H19ClN4O. The number of nitrogens with zero attached hydrogens (tertiary/aromatic N) is 2. The number of nitrogens with one attached hydrogen (secondary N) is 2. The molecule has 0 atom stereocenters. The smallest absolute Gasteiger partial charge is 0.220 e. The van der Waals surface area contributed by atoms with Crippen molar-refractivity contribution in [2.45, 2.75) is 38.3 Å². The predicted molar refractivity (Wildman–Crippen MR) is 70.3 cm³/mol. The molecule has 6 heteroatoms. The van der Waals surface area contributed by atoms with Gasteiger partial charge in [0.25, 0.3) is 0 Å². The Kier molecular flexibility index (Phi) is 4.60. The lowest BCUT2D eigenvalue weighted by molar-refractivity contribution is -0.121. The monoisotopic (exact) mass is 270 g/mol. The second kappa shape index (κ2) is 6.20. The Bertz CT molecular complexity index is 414. The Hall–Kier alpha value is -1.07. The summed E-state index contributed by atoms with van der Waals surface area (Å²) < 4.78 is 1.84. The summed E-state index contributed by atoms with van der Waals surface area (Å²) in [4.78, 5) is 15.6. The highest BCUT2D eigenvalue weighted by molar-refractivity contribution is 6.29. The number of carbonyl (C=O) groups excluding carboxylic acids is 1. The average Bonchev–Trinajstić information content (AvgIpc) is 3.09. The third-order valence-corrected chi connectivity index (χ3v) is 3.36. The van der Waals surface area contributed by atoms with E-state index in [1.54, 1.807) is 6.20 Å². The number of carbonyl (C=O) groups is 1. The van der Waals surface area contributed by atoms with Gasteiger partial charge >= 0.3 is 0 Å². The van der Waals surface area contributed by atoms with Crippen LogP contribution in [0.15, 0.2) is 6.20 Å². The summed E-state index contributed by atoms with van der Waals surface area (Å²) >= 11 is 5.89. The third-order valence-electron chi connectivity index (χ3n) is 3.01. The van der Waals surface area contributed by atoms with Gasteiger partial charge in [-0.25, -0.2) is 4.98 Å². The van der Waals surface area contributed by atoms with E-state index < -0.39 is 0 Å². The Morgan fingerprint density at radius 3 is 3.00 bits per heavy atom. The molecule has 0 unspecified atom stereocenters. The van der Waals surface area contributed by atoms with Crippen molar-refractivity contribution >= 4 is 17.5 Å². The summed E-state index contributed by atoms with van der Waals surface area (Å²) in [5, 5.41) is 6.87. The molecule has 0 saturated heterocycles. The Morgan fingerprint density at radius 1 is 1.61 bits per heavy atom. The lowest BCUT2D eigenvalue weighted by Crippen LogP contribution is -2.26. The van der Waals surface area contributed by atoms with Crippen LogP contribution in [-0.4, -0.2) is 28.0 Å². The molecule has 1 fully saturated rings. The standard InChI is InChI=1S/C12H19ClN4O/c1-17-10(13)7-15-11(17)8-14-6-2-3-12(18)16-9-4-5-9/h7,9,14H,2-6,8H2,1H3,(H,16,18). The van der Waals surface area contributed by atoms with Gasteiger partial charge in [-0.05, 0) is 25.8 Å². The number of aromatic nitrogens is 2. The largest absolute Gasteiger partial charge is 0.353 e. The van der Waals surface area contributed by atoms with Gasteiger partial charge in [-0.2, -0.15) is 0 Å². The lowest BCUT2D eigenvalue weighted by atomic mass is 10.3. The first-order valence-corrected chi connectivity index (χ1v) is 6.71. The molecule has 1 aliphatic carbocycles. The molecule has 1 aromatic rings. The first kappa shape index (κ1) is 13.4. The topological polar surface area (TPSA) is 59.0 Å². The van der Waals surface area contributed by atoms with E-state index in [4.69, 9.17) is 11.6 Å². The van der Waals surface area contributed by atoms with Crippen LogP contribution in [0.25, 0.3) is 0 Å². The van der Waals surface area contributed by atoms with E-state index in [-0.39, 0.29) is 5.91 Å². The van der Waals surface area contributed by atoms with Crippen LogP contribution in [-0.2, 0) is 18.4 Å². The van der Waals surface area contributed by atoms with Crippen molar-refractivity contribution in [1.29, 1.82) is 0 Å². The van der Waals surface area contributed by atoms with E-state index in [2.05, 4.69) is 15.6 Å². The molecule has 0 aliphatic heterocycles. The third kappa shape index (κ3) is 3.99. The van der Waals surface area contributed by atoms with E-state index in [0.717, 1.165) is 31.6 Å². The number of amides is 1. The lowest BCUT2D eigenvalue weighted by Gasteiger charge is -2.06. The fourth-order valence-electron chi connectivity index (χ4n) is 1.69. The summed E-state index contributed by atoms with van der Waals surface area (Å²) in [6.45, 7) is 1.48. The maximum absolute atomic E-state index is 11.4.